The molecule has 0 amide bonds. The van der Waals surface area contributed by atoms with Crippen LogP contribution >= 0.6 is 0 Å². The monoisotopic (exact) mass is 327 g/mol. The quantitative estimate of drug-likeness (QED) is 0.690. The fourth-order valence-electron chi connectivity index (χ4n) is 2.19. The highest BCUT2D eigenvalue weighted by atomic mass is 16.5. The van der Waals surface area contributed by atoms with Crippen LogP contribution in [0.1, 0.15) is 17.3 Å². The van der Waals surface area contributed by atoms with Crippen molar-refractivity contribution in [2.45, 2.75) is 13.0 Å². The van der Waals surface area contributed by atoms with Crippen molar-refractivity contribution in [3.63, 3.8) is 0 Å². The Kier molecular flexibility index (Phi) is 4.55. The third-order valence-electron chi connectivity index (χ3n) is 3.33. The molecule has 0 aliphatic heterocycles. The maximum atomic E-state index is 11.5. The zero-order chi connectivity index (χ0) is 16.9. The molecule has 1 N–H and O–H groups in total. The van der Waals surface area contributed by atoms with E-state index in [0.717, 1.165) is 0 Å². The fourth-order valence-corrected chi connectivity index (χ4v) is 2.19. The van der Waals surface area contributed by atoms with Crippen molar-refractivity contribution >= 4 is 17.4 Å². The maximum Gasteiger partial charge on any atom is 0.337 e. The van der Waals surface area contributed by atoms with Gasteiger partial charge in [0.2, 0.25) is 0 Å². The van der Waals surface area contributed by atoms with E-state index in [-0.39, 0.29) is 6.04 Å². The molecule has 0 radical (unpaired) electrons. The number of benzene rings is 1. The van der Waals surface area contributed by atoms with Crippen LogP contribution in [0.3, 0.4) is 0 Å². The van der Waals surface area contributed by atoms with Crippen LogP contribution in [0.5, 0.6) is 5.75 Å². The van der Waals surface area contributed by atoms with E-state index in [2.05, 4.69) is 20.4 Å². The lowest BCUT2D eigenvalue weighted by Gasteiger charge is -2.16. The van der Waals surface area contributed by atoms with E-state index in [0.29, 0.717) is 29.4 Å². The first kappa shape index (κ1) is 15.7. The molecule has 1 aromatic carbocycles. The molecule has 0 saturated heterocycles. The second-order valence-corrected chi connectivity index (χ2v) is 5.18. The van der Waals surface area contributed by atoms with Gasteiger partial charge in [0.05, 0.1) is 18.7 Å². The molecule has 3 rings (SSSR count). The topological polar surface area (TPSA) is 90.6 Å². The number of anilines is 1. The van der Waals surface area contributed by atoms with Crippen molar-refractivity contribution in [3.8, 4) is 5.75 Å². The van der Waals surface area contributed by atoms with Gasteiger partial charge in [0.15, 0.2) is 11.5 Å². The molecule has 24 heavy (non-hydrogen) atoms. The summed E-state index contributed by atoms with van der Waals surface area (Å²) in [6.45, 7) is 2.35. The van der Waals surface area contributed by atoms with Crippen LogP contribution in [-0.4, -0.2) is 45.3 Å². The van der Waals surface area contributed by atoms with Crippen LogP contribution in [0, 0.1) is 0 Å². The van der Waals surface area contributed by atoms with E-state index in [1.165, 1.54) is 13.4 Å². The Morgan fingerprint density at radius 1 is 1.38 bits per heavy atom. The third kappa shape index (κ3) is 3.43. The summed E-state index contributed by atoms with van der Waals surface area (Å²) in [5, 5.41) is 7.30. The number of esters is 1. The number of hydrogen-bond donors (Lipinski definition) is 1. The van der Waals surface area contributed by atoms with Crippen molar-refractivity contribution in [2.75, 3.05) is 19.0 Å². The molecule has 1 atom stereocenters. The molecule has 8 nitrogen and oxygen atoms in total. The van der Waals surface area contributed by atoms with Crippen LogP contribution in [0.25, 0.3) is 5.65 Å². The number of nitrogens with zero attached hydrogens (tertiary/aromatic N) is 4. The number of rotatable bonds is 6. The first-order valence-corrected chi connectivity index (χ1v) is 7.39. The summed E-state index contributed by atoms with van der Waals surface area (Å²) < 4.78 is 12.1. The lowest BCUT2D eigenvalue weighted by molar-refractivity contribution is 0.0600. The van der Waals surface area contributed by atoms with Gasteiger partial charge in [0.25, 0.3) is 0 Å². The van der Waals surface area contributed by atoms with Crippen LogP contribution in [0.4, 0.5) is 5.82 Å². The van der Waals surface area contributed by atoms with Crippen molar-refractivity contribution in [3.05, 3.63) is 48.5 Å². The van der Waals surface area contributed by atoms with Gasteiger partial charge in [-0.25, -0.2) is 19.3 Å². The number of ether oxygens (including phenoxy) is 2. The van der Waals surface area contributed by atoms with Gasteiger partial charge in [-0.1, -0.05) is 6.07 Å². The minimum Gasteiger partial charge on any atom is -0.491 e. The molecule has 124 valence electrons. The second kappa shape index (κ2) is 6.95. The molecule has 3 aromatic rings. The molecule has 8 heteroatoms. The van der Waals surface area contributed by atoms with Crippen molar-refractivity contribution in [2.24, 2.45) is 0 Å². The van der Waals surface area contributed by atoms with E-state index in [9.17, 15) is 4.79 Å². The van der Waals surface area contributed by atoms with E-state index >= 15 is 0 Å². The number of methoxy groups -OCH3 is 1. The molecule has 1 unspecified atom stereocenters. The van der Waals surface area contributed by atoms with Crippen LogP contribution in [-0.2, 0) is 4.74 Å². The Labute approximate surface area is 138 Å². The highest BCUT2D eigenvalue weighted by molar-refractivity contribution is 5.89. The van der Waals surface area contributed by atoms with Gasteiger partial charge in [-0.3, -0.25) is 0 Å². The number of carbonyl (C=O) groups excluding carboxylic acids is 1. The number of aromatic nitrogens is 4. The van der Waals surface area contributed by atoms with E-state index < -0.39 is 5.97 Å². The van der Waals surface area contributed by atoms with Crippen molar-refractivity contribution in [1.29, 1.82) is 0 Å². The minimum atomic E-state index is -0.394. The average molecular weight is 327 g/mol. The average Bonchev–Trinajstić information content (AvgIpc) is 3.09. The highest BCUT2D eigenvalue weighted by Crippen LogP contribution is 2.15. The summed E-state index contributed by atoms with van der Waals surface area (Å²) in [7, 11) is 1.35. The number of hydrogen-bond acceptors (Lipinski definition) is 7. The maximum absolute atomic E-state index is 11.5. The smallest absolute Gasteiger partial charge is 0.337 e. The van der Waals surface area contributed by atoms with Crippen molar-refractivity contribution in [1.82, 2.24) is 19.6 Å². The Balaban J connectivity index is 1.62. The fraction of sp³-hybridized carbons (Fsp3) is 0.250. The minimum absolute atomic E-state index is 0.0258. The Morgan fingerprint density at radius 2 is 2.25 bits per heavy atom. The van der Waals surface area contributed by atoms with E-state index in [4.69, 9.17) is 9.47 Å². The molecule has 0 fully saturated rings. The SMILES string of the molecule is COC(=O)c1cccc(OCC(C)Nc2nccn3ncnc23)c1. The zero-order valence-electron chi connectivity index (χ0n) is 13.3. The number of carbonyl (C=O) groups is 1. The summed E-state index contributed by atoms with van der Waals surface area (Å²) in [5.74, 6) is 0.837. The number of nitrogens with one attached hydrogen (secondary N) is 1. The predicted octanol–water partition coefficient (Wildman–Crippen LogP) is 1.79. The van der Waals surface area contributed by atoms with Crippen molar-refractivity contribution < 1.29 is 14.3 Å². The van der Waals surface area contributed by atoms with Gasteiger partial charge >= 0.3 is 5.97 Å². The summed E-state index contributed by atoms with van der Waals surface area (Å²) in [6.07, 6.45) is 4.85. The summed E-state index contributed by atoms with van der Waals surface area (Å²) >= 11 is 0. The summed E-state index contributed by atoms with van der Waals surface area (Å²) in [4.78, 5) is 20.0. The first-order chi connectivity index (χ1) is 11.7. The normalized spacial score (nSPS) is 11.9. The first-order valence-electron chi connectivity index (χ1n) is 7.39. The lowest BCUT2D eigenvalue weighted by atomic mass is 10.2. The van der Waals surface area contributed by atoms with Gasteiger partial charge in [-0.2, -0.15) is 5.10 Å². The molecule has 0 saturated carbocycles. The molecular weight excluding hydrogens is 310 g/mol. The Morgan fingerprint density at radius 3 is 3.08 bits per heavy atom. The highest BCUT2D eigenvalue weighted by Gasteiger charge is 2.10. The van der Waals surface area contributed by atoms with E-state index in [1.807, 2.05) is 6.92 Å². The van der Waals surface area contributed by atoms with Crippen LogP contribution in [0.15, 0.2) is 43.0 Å². The Bertz CT molecular complexity index is 848. The second-order valence-electron chi connectivity index (χ2n) is 5.18. The summed E-state index contributed by atoms with van der Waals surface area (Å²) in [5.41, 5.74) is 1.10. The molecule has 0 aliphatic carbocycles. The van der Waals surface area contributed by atoms with Gasteiger partial charge < -0.3 is 14.8 Å². The van der Waals surface area contributed by atoms with E-state index in [1.54, 1.807) is 41.2 Å². The van der Waals surface area contributed by atoms with Gasteiger partial charge in [0, 0.05) is 12.4 Å². The standard InChI is InChI=1S/C16H17N5O3/c1-11(20-14-15-18-10-19-21(15)7-6-17-14)9-24-13-5-3-4-12(8-13)16(22)23-2/h3-8,10-11H,9H2,1-2H3,(H,17,20). The molecule has 2 aromatic heterocycles. The number of fused-ring (bicyclic) bond motifs is 1. The lowest BCUT2D eigenvalue weighted by Crippen LogP contribution is -2.24. The molecular formula is C16H17N5O3. The molecule has 0 bridgehead atoms. The predicted molar refractivity (Wildman–Crippen MR) is 87.1 cm³/mol. The molecule has 0 spiro atoms. The van der Waals surface area contributed by atoms with Gasteiger partial charge in [-0.05, 0) is 25.1 Å². The summed E-state index contributed by atoms with van der Waals surface area (Å²) in [6, 6.07) is 6.84. The largest absolute Gasteiger partial charge is 0.491 e. The van der Waals surface area contributed by atoms with Crippen LogP contribution < -0.4 is 10.1 Å². The molecule has 2 heterocycles. The van der Waals surface area contributed by atoms with Gasteiger partial charge in [-0.15, -0.1) is 0 Å². The molecule has 0 aliphatic rings. The van der Waals surface area contributed by atoms with Crippen LogP contribution in [0.2, 0.25) is 0 Å². The Hall–Kier alpha value is -3.16. The van der Waals surface area contributed by atoms with Gasteiger partial charge in [0.1, 0.15) is 18.7 Å². The zero-order valence-corrected chi connectivity index (χ0v) is 13.3. The third-order valence-corrected chi connectivity index (χ3v) is 3.33.